The Morgan fingerprint density at radius 1 is 0.962 bits per heavy atom. The van der Waals surface area contributed by atoms with Gasteiger partial charge in [0.1, 0.15) is 0 Å². The van der Waals surface area contributed by atoms with Crippen LogP contribution in [0.4, 0.5) is 5.69 Å². The molecule has 0 atom stereocenters. The van der Waals surface area contributed by atoms with E-state index in [1.807, 2.05) is 31.2 Å². The molecule has 0 aliphatic carbocycles. The summed E-state index contributed by atoms with van der Waals surface area (Å²) < 4.78 is 0. The highest BCUT2D eigenvalue weighted by Crippen LogP contribution is 2.11. The van der Waals surface area contributed by atoms with E-state index in [2.05, 4.69) is 36.5 Å². The fourth-order valence-electron chi connectivity index (χ4n) is 2.42. The van der Waals surface area contributed by atoms with Crippen molar-refractivity contribution in [2.75, 3.05) is 23.9 Å². The summed E-state index contributed by atoms with van der Waals surface area (Å²) in [5.74, 6) is 0.492. The zero-order valence-electron chi connectivity index (χ0n) is 15.6. The van der Waals surface area contributed by atoms with Crippen LogP contribution < -0.4 is 5.32 Å². The van der Waals surface area contributed by atoms with E-state index in [9.17, 15) is 9.59 Å². The lowest BCUT2D eigenvalue weighted by Gasteiger charge is -2.17. The molecule has 0 aliphatic heterocycles. The van der Waals surface area contributed by atoms with Crippen LogP contribution in [0.15, 0.2) is 48.5 Å². The van der Waals surface area contributed by atoms with Gasteiger partial charge >= 0.3 is 0 Å². The van der Waals surface area contributed by atoms with E-state index in [-0.39, 0.29) is 17.6 Å². The van der Waals surface area contributed by atoms with Gasteiger partial charge in [-0.15, -0.1) is 11.8 Å². The molecule has 2 rings (SSSR count). The SMILES string of the molecule is CCc1ccc(CN(C)C(=O)CSCC(=O)Nc2ccc(C)cc2)cc1. The molecule has 0 spiro atoms. The van der Waals surface area contributed by atoms with Crippen LogP contribution in [0.2, 0.25) is 0 Å². The largest absolute Gasteiger partial charge is 0.341 e. The third-order valence-corrected chi connectivity index (χ3v) is 4.99. The van der Waals surface area contributed by atoms with E-state index in [0.717, 1.165) is 23.2 Å². The molecule has 0 unspecified atom stereocenters. The average Bonchev–Trinajstić information content (AvgIpc) is 2.64. The molecule has 138 valence electrons. The van der Waals surface area contributed by atoms with Gasteiger partial charge in [0, 0.05) is 19.3 Å². The van der Waals surface area contributed by atoms with Crippen molar-refractivity contribution in [3.05, 3.63) is 65.2 Å². The topological polar surface area (TPSA) is 49.4 Å². The lowest BCUT2D eigenvalue weighted by atomic mass is 10.1. The van der Waals surface area contributed by atoms with Crippen molar-refractivity contribution in [2.24, 2.45) is 0 Å². The molecule has 0 aliphatic rings. The summed E-state index contributed by atoms with van der Waals surface area (Å²) in [6.07, 6.45) is 1.01. The summed E-state index contributed by atoms with van der Waals surface area (Å²) in [6.45, 7) is 4.71. The fourth-order valence-corrected chi connectivity index (χ4v) is 3.17. The zero-order valence-corrected chi connectivity index (χ0v) is 16.4. The molecule has 4 nitrogen and oxygen atoms in total. The Labute approximate surface area is 160 Å². The number of anilines is 1. The molecule has 2 aromatic rings. The van der Waals surface area contributed by atoms with Gasteiger partial charge in [-0.25, -0.2) is 0 Å². The average molecular weight is 371 g/mol. The Balaban J connectivity index is 1.71. The fraction of sp³-hybridized carbons (Fsp3) is 0.333. The molecule has 0 radical (unpaired) electrons. The Bertz CT molecular complexity index is 727. The van der Waals surface area contributed by atoms with Crippen LogP contribution >= 0.6 is 11.8 Å². The smallest absolute Gasteiger partial charge is 0.234 e. The summed E-state index contributed by atoms with van der Waals surface area (Å²) in [7, 11) is 1.79. The monoisotopic (exact) mass is 370 g/mol. The lowest BCUT2D eigenvalue weighted by molar-refractivity contribution is -0.127. The Morgan fingerprint density at radius 3 is 2.19 bits per heavy atom. The first-order valence-electron chi connectivity index (χ1n) is 8.74. The maximum atomic E-state index is 12.2. The van der Waals surface area contributed by atoms with Crippen LogP contribution in [0.1, 0.15) is 23.6 Å². The molecule has 2 aromatic carbocycles. The molecule has 0 saturated heterocycles. The summed E-state index contributed by atoms with van der Waals surface area (Å²) in [6, 6.07) is 16.0. The van der Waals surface area contributed by atoms with Crippen LogP contribution in [0.3, 0.4) is 0 Å². The molecule has 0 aromatic heterocycles. The highest BCUT2D eigenvalue weighted by atomic mass is 32.2. The van der Waals surface area contributed by atoms with E-state index in [1.165, 1.54) is 17.3 Å². The number of hydrogen-bond donors (Lipinski definition) is 1. The van der Waals surface area contributed by atoms with Crippen molar-refractivity contribution in [2.45, 2.75) is 26.8 Å². The van der Waals surface area contributed by atoms with Crippen LogP contribution in [0.5, 0.6) is 0 Å². The number of nitrogens with zero attached hydrogens (tertiary/aromatic N) is 1. The Kier molecular flexibility index (Phi) is 7.73. The molecule has 0 saturated carbocycles. The van der Waals surface area contributed by atoms with Crippen LogP contribution in [0.25, 0.3) is 0 Å². The standard InChI is InChI=1S/C21H26N2O2S/c1-4-17-7-9-18(10-8-17)13-23(3)21(25)15-26-14-20(24)22-19-11-5-16(2)6-12-19/h5-12H,4,13-15H2,1-3H3,(H,22,24). The molecule has 0 bridgehead atoms. The first kappa shape index (κ1) is 20.0. The number of amides is 2. The Hall–Kier alpha value is -2.27. The van der Waals surface area contributed by atoms with Gasteiger partial charge in [0.15, 0.2) is 0 Å². The van der Waals surface area contributed by atoms with Gasteiger partial charge in [-0.2, -0.15) is 0 Å². The summed E-state index contributed by atoms with van der Waals surface area (Å²) >= 11 is 1.33. The quantitative estimate of drug-likeness (QED) is 0.767. The molecule has 5 heteroatoms. The van der Waals surface area contributed by atoms with Crippen LogP contribution in [0, 0.1) is 6.92 Å². The second kappa shape index (κ2) is 10.0. The first-order chi connectivity index (χ1) is 12.5. The second-order valence-electron chi connectivity index (χ2n) is 6.33. The number of carbonyl (C=O) groups is 2. The summed E-state index contributed by atoms with van der Waals surface area (Å²) in [5.41, 5.74) is 4.33. The summed E-state index contributed by atoms with van der Waals surface area (Å²) in [4.78, 5) is 25.9. The van der Waals surface area contributed by atoms with Crippen molar-refractivity contribution in [3.8, 4) is 0 Å². The predicted molar refractivity (Wildman–Crippen MR) is 109 cm³/mol. The van der Waals surface area contributed by atoms with E-state index in [4.69, 9.17) is 0 Å². The van der Waals surface area contributed by atoms with Gasteiger partial charge in [0.2, 0.25) is 11.8 Å². The summed E-state index contributed by atoms with van der Waals surface area (Å²) in [5, 5.41) is 2.84. The third kappa shape index (κ3) is 6.56. The van der Waals surface area contributed by atoms with E-state index >= 15 is 0 Å². The van der Waals surface area contributed by atoms with Gasteiger partial charge in [0.25, 0.3) is 0 Å². The van der Waals surface area contributed by atoms with E-state index in [1.54, 1.807) is 11.9 Å². The molecule has 1 N–H and O–H groups in total. The third-order valence-electron chi connectivity index (χ3n) is 4.07. The molecular formula is C21H26N2O2S. The number of carbonyl (C=O) groups excluding carboxylic acids is 2. The number of aryl methyl sites for hydroxylation is 2. The maximum Gasteiger partial charge on any atom is 0.234 e. The number of benzene rings is 2. The number of nitrogens with one attached hydrogen (secondary N) is 1. The Morgan fingerprint density at radius 2 is 1.58 bits per heavy atom. The van der Waals surface area contributed by atoms with E-state index < -0.39 is 0 Å². The molecule has 0 heterocycles. The van der Waals surface area contributed by atoms with Crippen molar-refractivity contribution in [1.82, 2.24) is 4.90 Å². The van der Waals surface area contributed by atoms with Crippen LogP contribution in [-0.4, -0.2) is 35.3 Å². The van der Waals surface area contributed by atoms with Gasteiger partial charge in [-0.05, 0) is 36.6 Å². The zero-order chi connectivity index (χ0) is 18.9. The van der Waals surface area contributed by atoms with Crippen molar-refractivity contribution in [1.29, 1.82) is 0 Å². The van der Waals surface area contributed by atoms with Gasteiger partial charge in [0.05, 0.1) is 11.5 Å². The normalized spacial score (nSPS) is 10.4. The highest BCUT2D eigenvalue weighted by Gasteiger charge is 2.11. The van der Waals surface area contributed by atoms with Crippen LogP contribution in [-0.2, 0) is 22.6 Å². The highest BCUT2D eigenvalue weighted by molar-refractivity contribution is 8.00. The number of rotatable bonds is 8. The predicted octanol–water partition coefficient (Wildman–Crippen LogP) is 3.89. The minimum Gasteiger partial charge on any atom is -0.341 e. The van der Waals surface area contributed by atoms with E-state index in [0.29, 0.717) is 12.3 Å². The molecular weight excluding hydrogens is 344 g/mol. The van der Waals surface area contributed by atoms with Gasteiger partial charge in [-0.3, -0.25) is 9.59 Å². The minimum absolute atomic E-state index is 0.0257. The number of thioether (sulfide) groups is 1. The minimum atomic E-state index is -0.0931. The van der Waals surface area contributed by atoms with Crippen molar-refractivity contribution in [3.63, 3.8) is 0 Å². The van der Waals surface area contributed by atoms with Crippen molar-refractivity contribution >= 4 is 29.3 Å². The number of hydrogen-bond acceptors (Lipinski definition) is 3. The van der Waals surface area contributed by atoms with Gasteiger partial charge < -0.3 is 10.2 Å². The second-order valence-corrected chi connectivity index (χ2v) is 7.31. The van der Waals surface area contributed by atoms with Crippen molar-refractivity contribution < 1.29 is 9.59 Å². The molecule has 26 heavy (non-hydrogen) atoms. The molecule has 2 amide bonds. The first-order valence-corrected chi connectivity index (χ1v) is 9.89. The maximum absolute atomic E-state index is 12.2. The van der Waals surface area contributed by atoms with Gasteiger partial charge in [-0.1, -0.05) is 48.9 Å². The lowest BCUT2D eigenvalue weighted by Crippen LogP contribution is -2.28. The molecule has 0 fully saturated rings.